The van der Waals surface area contributed by atoms with Gasteiger partial charge in [0.25, 0.3) is 5.91 Å². The summed E-state index contributed by atoms with van der Waals surface area (Å²) < 4.78 is 0. The summed E-state index contributed by atoms with van der Waals surface area (Å²) in [5.41, 5.74) is 3.83. The van der Waals surface area contributed by atoms with E-state index in [-0.39, 0.29) is 5.91 Å². The highest BCUT2D eigenvalue weighted by Crippen LogP contribution is 2.35. The maximum Gasteiger partial charge on any atom is 0.251 e. The van der Waals surface area contributed by atoms with Gasteiger partial charge in [0.1, 0.15) is 0 Å². The first-order chi connectivity index (χ1) is 9.53. The van der Waals surface area contributed by atoms with Gasteiger partial charge in [0.2, 0.25) is 0 Å². The molecule has 1 fully saturated rings. The molecule has 0 saturated heterocycles. The largest absolute Gasteiger partial charge is 0.349 e. The van der Waals surface area contributed by atoms with Crippen LogP contribution in [0.4, 0.5) is 0 Å². The molecule has 2 aliphatic rings. The fourth-order valence-electron chi connectivity index (χ4n) is 3.25. The molecule has 0 atom stereocenters. The third kappa shape index (κ3) is 2.88. The summed E-state index contributed by atoms with van der Waals surface area (Å²) in [4.78, 5) is 12.3. The molecule has 20 heavy (non-hydrogen) atoms. The molecule has 0 unspecified atom stereocenters. The van der Waals surface area contributed by atoms with E-state index >= 15 is 0 Å². The molecule has 3 rings (SSSR count). The van der Waals surface area contributed by atoms with Crippen molar-refractivity contribution in [2.24, 2.45) is 5.41 Å². The van der Waals surface area contributed by atoms with Crippen LogP contribution in [0.25, 0.3) is 0 Å². The van der Waals surface area contributed by atoms with Crippen molar-refractivity contribution < 1.29 is 4.79 Å². The average molecular weight is 272 g/mol. The zero-order valence-electron chi connectivity index (χ0n) is 12.5. The van der Waals surface area contributed by atoms with E-state index in [1.165, 1.54) is 24.0 Å². The molecular weight excluding hydrogens is 248 g/mol. The fourth-order valence-corrected chi connectivity index (χ4v) is 3.25. The fraction of sp³-hybridized carbons (Fsp3) is 0.588. The zero-order valence-corrected chi connectivity index (χ0v) is 12.5. The van der Waals surface area contributed by atoms with E-state index in [1.54, 1.807) is 0 Å². The van der Waals surface area contributed by atoms with Gasteiger partial charge < -0.3 is 10.6 Å². The predicted molar refractivity (Wildman–Crippen MR) is 80.5 cm³/mol. The highest BCUT2D eigenvalue weighted by molar-refractivity contribution is 5.94. The Kier molecular flexibility index (Phi) is 3.55. The normalized spacial score (nSPS) is 21.5. The number of fused-ring (bicyclic) bond motifs is 1. The van der Waals surface area contributed by atoms with Crippen LogP contribution < -0.4 is 10.6 Å². The van der Waals surface area contributed by atoms with Gasteiger partial charge in [0.15, 0.2) is 0 Å². The van der Waals surface area contributed by atoms with Gasteiger partial charge in [-0.1, -0.05) is 19.9 Å². The molecule has 2 N–H and O–H groups in total. The summed E-state index contributed by atoms with van der Waals surface area (Å²) >= 11 is 0. The molecule has 1 saturated carbocycles. The number of hydrogen-bond donors (Lipinski definition) is 2. The lowest BCUT2D eigenvalue weighted by molar-refractivity contribution is 0.0909. The van der Waals surface area contributed by atoms with Gasteiger partial charge in [-0.25, -0.2) is 0 Å². The van der Waals surface area contributed by atoms with E-state index in [0.29, 0.717) is 11.5 Å². The summed E-state index contributed by atoms with van der Waals surface area (Å²) in [5, 5.41) is 6.52. The topological polar surface area (TPSA) is 41.1 Å². The van der Waals surface area contributed by atoms with Crippen LogP contribution in [-0.4, -0.2) is 11.9 Å². The van der Waals surface area contributed by atoms with Crippen molar-refractivity contribution in [2.75, 3.05) is 0 Å². The Morgan fingerprint density at radius 1 is 1.20 bits per heavy atom. The molecular formula is C17H24N2O. The van der Waals surface area contributed by atoms with Crippen molar-refractivity contribution in [1.29, 1.82) is 0 Å². The third-order valence-corrected chi connectivity index (χ3v) is 4.77. The van der Waals surface area contributed by atoms with E-state index in [4.69, 9.17) is 0 Å². The molecule has 1 amide bonds. The minimum absolute atomic E-state index is 0.0874. The second kappa shape index (κ2) is 5.21. The van der Waals surface area contributed by atoms with E-state index < -0.39 is 0 Å². The zero-order chi connectivity index (χ0) is 14.2. The first-order valence-electron chi connectivity index (χ1n) is 7.67. The first-order valence-corrected chi connectivity index (χ1v) is 7.67. The van der Waals surface area contributed by atoms with Crippen LogP contribution in [0.3, 0.4) is 0 Å². The molecule has 0 bridgehead atoms. The quantitative estimate of drug-likeness (QED) is 0.869. The molecule has 1 aliphatic carbocycles. The van der Waals surface area contributed by atoms with Gasteiger partial charge in [0.05, 0.1) is 0 Å². The van der Waals surface area contributed by atoms with Crippen molar-refractivity contribution >= 4 is 5.91 Å². The van der Waals surface area contributed by atoms with Crippen LogP contribution in [0.5, 0.6) is 0 Å². The predicted octanol–water partition coefficient (Wildman–Crippen LogP) is 2.99. The summed E-state index contributed by atoms with van der Waals surface area (Å²) in [5.74, 6) is 0.0874. The van der Waals surface area contributed by atoms with Crippen LogP contribution >= 0.6 is 0 Å². The second-order valence-electron chi connectivity index (χ2n) is 7.00. The Bertz CT molecular complexity index is 512. The lowest BCUT2D eigenvalue weighted by Gasteiger charge is -2.34. The van der Waals surface area contributed by atoms with Crippen molar-refractivity contribution in [3.8, 4) is 0 Å². The Morgan fingerprint density at radius 3 is 2.65 bits per heavy atom. The number of carbonyl (C=O) groups is 1. The van der Waals surface area contributed by atoms with Gasteiger partial charge >= 0.3 is 0 Å². The van der Waals surface area contributed by atoms with Gasteiger partial charge in [-0.3, -0.25) is 4.79 Å². The number of rotatable bonds is 2. The van der Waals surface area contributed by atoms with Crippen LogP contribution in [-0.2, 0) is 13.1 Å². The summed E-state index contributed by atoms with van der Waals surface area (Å²) in [7, 11) is 0. The van der Waals surface area contributed by atoms with E-state index in [2.05, 4.69) is 30.5 Å². The minimum atomic E-state index is 0.0874. The molecule has 0 radical (unpaired) electrons. The van der Waals surface area contributed by atoms with E-state index in [1.807, 2.05) is 12.1 Å². The van der Waals surface area contributed by atoms with Gasteiger partial charge in [-0.2, -0.15) is 0 Å². The SMILES string of the molecule is CC1(C)CCC(NC(=O)c2ccc3c(c2)CNC3)CC1. The molecule has 1 aromatic carbocycles. The van der Waals surface area contributed by atoms with Gasteiger partial charge in [-0.15, -0.1) is 0 Å². The first kappa shape index (κ1) is 13.6. The molecule has 108 valence electrons. The maximum absolute atomic E-state index is 12.3. The lowest BCUT2D eigenvalue weighted by atomic mass is 9.75. The van der Waals surface area contributed by atoms with E-state index in [0.717, 1.165) is 31.5 Å². The Hall–Kier alpha value is -1.35. The lowest BCUT2D eigenvalue weighted by Crippen LogP contribution is -2.39. The minimum Gasteiger partial charge on any atom is -0.349 e. The van der Waals surface area contributed by atoms with Crippen LogP contribution in [0, 0.1) is 5.41 Å². The summed E-state index contributed by atoms with van der Waals surface area (Å²) in [6.07, 6.45) is 4.61. The Labute approximate surface area is 121 Å². The Balaban J connectivity index is 1.62. The Morgan fingerprint density at radius 2 is 1.90 bits per heavy atom. The van der Waals surface area contributed by atoms with Crippen molar-refractivity contribution in [3.05, 3.63) is 34.9 Å². The highest BCUT2D eigenvalue weighted by atomic mass is 16.1. The molecule has 0 spiro atoms. The standard InChI is InChI=1S/C17H24N2O/c1-17(2)7-5-15(6-8-17)19-16(20)12-3-4-13-10-18-11-14(13)9-12/h3-4,9,15,18H,5-8,10-11H2,1-2H3,(H,19,20). The number of amides is 1. The summed E-state index contributed by atoms with van der Waals surface area (Å²) in [6, 6.07) is 6.42. The van der Waals surface area contributed by atoms with Crippen LogP contribution in [0.2, 0.25) is 0 Å². The molecule has 3 heteroatoms. The molecule has 0 aromatic heterocycles. The smallest absolute Gasteiger partial charge is 0.251 e. The number of benzene rings is 1. The van der Waals surface area contributed by atoms with Gasteiger partial charge in [0, 0.05) is 24.7 Å². The van der Waals surface area contributed by atoms with Crippen molar-refractivity contribution in [2.45, 2.75) is 58.7 Å². The number of hydrogen-bond acceptors (Lipinski definition) is 2. The summed E-state index contributed by atoms with van der Waals surface area (Å²) in [6.45, 7) is 6.44. The molecule has 3 nitrogen and oxygen atoms in total. The van der Waals surface area contributed by atoms with Gasteiger partial charge in [-0.05, 0) is 54.4 Å². The molecule has 1 aromatic rings. The van der Waals surface area contributed by atoms with E-state index in [9.17, 15) is 4.79 Å². The maximum atomic E-state index is 12.3. The number of carbonyl (C=O) groups excluding carboxylic acids is 1. The van der Waals surface area contributed by atoms with Crippen LogP contribution in [0.1, 0.15) is 61.0 Å². The highest BCUT2D eigenvalue weighted by Gasteiger charge is 2.27. The van der Waals surface area contributed by atoms with Crippen molar-refractivity contribution in [3.63, 3.8) is 0 Å². The van der Waals surface area contributed by atoms with Crippen LogP contribution in [0.15, 0.2) is 18.2 Å². The molecule has 1 aliphatic heterocycles. The average Bonchev–Trinajstić information content (AvgIpc) is 2.88. The monoisotopic (exact) mass is 272 g/mol. The number of nitrogens with one attached hydrogen (secondary N) is 2. The third-order valence-electron chi connectivity index (χ3n) is 4.77. The molecule has 1 heterocycles. The second-order valence-corrected chi connectivity index (χ2v) is 7.00. The van der Waals surface area contributed by atoms with Crippen molar-refractivity contribution in [1.82, 2.24) is 10.6 Å².